The van der Waals surface area contributed by atoms with Crippen LogP contribution < -0.4 is 0 Å². The summed E-state index contributed by atoms with van der Waals surface area (Å²) in [4.78, 5) is 7.53. The van der Waals surface area contributed by atoms with Crippen LogP contribution in [0.1, 0.15) is 24.5 Å². The highest BCUT2D eigenvalue weighted by molar-refractivity contribution is 6.35. The van der Waals surface area contributed by atoms with E-state index in [-0.39, 0.29) is 0 Å². The van der Waals surface area contributed by atoms with E-state index >= 15 is 0 Å². The number of aromatic amines is 1. The van der Waals surface area contributed by atoms with Crippen molar-refractivity contribution in [3.63, 3.8) is 0 Å². The Morgan fingerprint density at radius 1 is 1.25 bits per heavy atom. The maximum atomic E-state index is 6.18. The lowest BCUT2D eigenvalue weighted by Crippen LogP contribution is -1.87. The Balaban J connectivity index is 2.13. The molecule has 1 aromatic heterocycles. The number of rotatable bonds is 2. The number of nitrogens with zero attached hydrogens (tertiary/aromatic N) is 1. The summed E-state index contributed by atoms with van der Waals surface area (Å²) in [6.07, 6.45) is 4.16. The summed E-state index contributed by atoms with van der Waals surface area (Å²) >= 11 is 12.2. The van der Waals surface area contributed by atoms with Crippen molar-refractivity contribution in [3.05, 3.63) is 40.3 Å². The molecule has 1 fully saturated rings. The number of hydrogen-bond donors (Lipinski definition) is 1. The van der Waals surface area contributed by atoms with Gasteiger partial charge < -0.3 is 4.98 Å². The molecule has 3 rings (SSSR count). The molecule has 0 saturated heterocycles. The summed E-state index contributed by atoms with van der Waals surface area (Å²) in [5, 5.41) is 1.39. The second kappa shape index (κ2) is 3.79. The van der Waals surface area contributed by atoms with Gasteiger partial charge in [0.1, 0.15) is 0 Å². The minimum atomic E-state index is 0.594. The molecule has 82 valence electrons. The van der Waals surface area contributed by atoms with Gasteiger partial charge in [0.05, 0.1) is 22.7 Å². The molecule has 4 heteroatoms. The van der Waals surface area contributed by atoms with Gasteiger partial charge >= 0.3 is 0 Å². The Hall–Kier alpha value is -0.990. The highest BCUT2D eigenvalue weighted by Crippen LogP contribution is 2.44. The van der Waals surface area contributed by atoms with Gasteiger partial charge in [-0.1, -0.05) is 23.2 Å². The van der Waals surface area contributed by atoms with E-state index in [9.17, 15) is 0 Å². The van der Waals surface area contributed by atoms with Gasteiger partial charge in [-0.2, -0.15) is 0 Å². The van der Waals surface area contributed by atoms with Crippen LogP contribution in [0.2, 0.25) is 10.0 Å². The zero-order valence-corrected chi connectivity index (χ0v) is 10.0. The Morgan fingerprint density at radius 3 is 2.81 bits per heavy atom. The molecule has 0 radical (unpaired) electrons. The quantitative estimate of drug-likeness (QED) is 0.850. The van der Waals surface area contributed by atoms with Crippen LogP contribution in [0.25, 0.3) is 11.3 Å². The van der Waals surface area contributed by atoms with Crippen molar-refractivity contribution in [2.24, 2.45) is 0 Å². The number of imidazole rings is 1. The highest BCUT2D eigenvalue weighted by atomic mass is 35.5. The molecule has 1 N–H and O–H groups in total. The third-order valence-electron chi connectivity index (χ3n) is 2.83. The van der Waals surface area contributed by atoms with Crippen LogP contribution in [0.15, 0.2) is 24.5 Å². The zero-order valence-electron chi connectivity index (χ0n) is 8.50. The van der Waals surface area contributed by atoms with Crippen molar-refractivity contribution in [1.29, 1.82) is 0 Å². The maximum absolute atomic E-state index is 6.18. The summed E-state index contributed by atoms with van der Waals surface area (Å²) in [5.41, 5.74) is 3.06. The van der Waals surface area contributed by atoms with Gasteiger partial charge in [0.15, 0.2) is 0 Å². The number of benzene rings is 1. The molecule has 2 nitrogen and oxygen atoms in total. The third-order valence-corrected chi connectivity index (χ3v) is 3.40. The number of halogens is 2. The number of nitrogens with one attached hydrogen (secondary N) is 1. The van der Waals surface area contributed by atoms with Gasteiger partial charge in [-0.25, -0.2) is 4.98 Å². The van der Waals surface area contributed by atoms with Crippen molar-refractivity contribution in [2.75, 3.05) is 0 Å². The molecule has 1 heterocycles. The first-order valence-electron chi connectivity index (χ1n) is 5.24. The van der Waals surface area contributed by atoms with E-state index in [4.69, 9.17) is 23.2 Å². The fraction of sp³-hybridized carbons (Fsp3) is 0.250. The summed E-state index contributed by atoms with van der Waals surface area (Å²) in [6.45, 7) is 0. The van der Waals surface area contributed by atoms with Crippen LogP contribution in [0.3, 0.4) is 0 Å². The molecular weight excluding hydrogens is 243 g/mol. The number of hydrogen-bond acceptors (Lipinski definition) is 1. The van der Waals surface area contributed by atoms with Crippen molar-refractivity contribution in [3.8, 4) is 11.3 Å². The average Bonchev–Trinajstić information content (AvgIpc) is 3.01. The number of aromatic nitrogens is 2. The molecule has 0 spiro atoms. The van der Waals surface area contributed by atoms with E-state index in [1.807, 2.05) is 12.1 Å². The van der Waals surface area contributed by atoms with Crippen LogP contribution in [-0.2, 0) is 0 Å². The molecule has 0 bridgehead atoms. The lowest BCUT2D eigenvalue weighted by atomic mass is 10.1. The first kappa shape index (κ1) is 10.2. The van der Waals surface area contributed by atoms with Gasteiger partial charge in [0.2, 0.25) is 0 Å². The topological polar surface area (TPSA) is 28.7 Å². The van der Waals surface area contributed by atoms with E-state index < -0.39 is 0 Å². The molecule has 1 aliphatic rings. The summed E-state index contributed by atoms with van der Waals surface area (Å²) in [6, 6.07) is 5.49. The molecule has 0 atom stereocenters. The van der Waals surface area contributed by atoms with Gasteiger partial charge in [-0.15, -0.1) is 0 Å². The second-order valence-corrected chi connectivity index (χ2v) is 4.90. The molecule has 2 aromatic rings. The molecule has 1 aliphatic carbocycles. The fourth-order valence-electron chi connectivity index (χ4n) is 1.88. The number of H-pyrrole nitrogens is 1. The van der Waals surface area contributed by atoms with Crippen molar-refractivity contribution >= 4 is 23.2 Å². The van der Waals surface area contributed by atoms with Crippen LogP contribution >= 0.6 is 23.2 Å². The maximum Gasteiger partial charge on any atom is 0.0928 e. The smallest absolute Gasteiger partial charge is 0.0928 e. The minimum Gasteiger partial charge on any atom is -0.344 e. The molecule has 0 unspecified atom stereocenters. The minimum absolute atomic E-state index is 0.594. The van der Waals surface area contributed by atoms with E-state index in [0.29, 0.717) is 16.0 Å². The van der Waals surface area contributed by atoms with Gasteiger partial charge in [0.25, 0.3) is 0 Å². The van der Waals surface area contributed by atoms with Crippen molar-refractivity contribution in [2.45, 2.75) is 18.8 Å². The summed E-state index contributed by atoms with van der Waals surface area (Å²) in [5.74, 6) is 0.594. The van der Waals surface area contributed by atoms with E-state index in [0.717, 1.165) is 17.0 Å². The van der Waals surface area contributed by atoms with Crippen LogP contribution in [-0.4, -0.2) is 9.97 Å². The van der Waals surface area contributed by atoms with Gasteiger partial charge in [-0.3, -0.25) is 0 Å². The Morgan fingerprint density at radius 2 is 2.06 bits per heavy atom. The molecular formula is C12H10Cl2N2. The first-order chi connectivity index (χ1) is 7.75. The first-order valence-corrected chi connectivity index (χ1v) is 6.00. The van der Waals surface area contributed by atoms with Crippen molar-refractivity contribution < 1.29 is 0 Å². The fourth-order valence-corrected chi connectivity index (χ4v) is 2.26. The largest absolute Gasteiger partial charge is 0.344 e. The Bertz CT molecular complexity index is 530. The molecule has 1 saturated carbocycles. The lowest BCUT2D eigenvalue weighted by Gasteiger charge is -2.05. The van der Waals surface area contributed by atoms with Gasteiger partial charge in [-0.05, 0) is 31.0 Å². The zero-order chi connectivity index (χ0) is 11.1. The van der Waals surface area contributed by atoms with Crippen LogP contribution in [0.5, 0.6) is 0 Å². The normalized spacial score (nSPS) is 15.4. The Labute approximate surface area is 104 Å². The predicted molar refractivity (Wildman–Crippen MR) is 66.0 cm³/mol. The summed E-state index contributed by atoms with van der Waals surface area (Å²) in [7, 11) is 0. The van der Waals surface area contributed by atoms with Crippen molar-refractivity contribution in [1.82, 2.24) is 9.97 Å². The second-order valence-electron chi connectivity index (χ2n) is 4.06. The van der Waals surface area contributed by atoms with E-state index in [2.05, 4.69) is 9.97 Å². The SMILES string of the molecule is Clc1ccc(Cl)c(-c2[nH]cnc2C2CC2)c1. The summed E-state index contributed by atoms with van der Waals surface area (Å²) < 4.78 is 0. The third kappa shape index (κ3) is 1.72. The van der Waals surface area contributed by atoms with E-state index in [1.54, 1.807) is 12.4 Å². The average molecular weight is 253 g/mol. The molecule has 1 aromatic carbocycles. The lowest BCUT2D eigenvalue weighted by molar-refractivity contribution is 1.05. The highest BCUT2D eigenvalue weighted by Gasteiger charge is 2.29. The standard InChI is InChI=1S/C12H10Cl2N2/c13-8-3-4-10(14)9(5-8)12-11(7-1-2-7)15-6-16-12/h3-7H,1-2H2,(H,15,16). The predicted octanol–water partition coefficient (Wildman–Crippen LogP) is 4.26. The molecule has 0 amide bonds. The molecule has 0 aliphatic heterocycles. The van der Waals surface area contributed by atoms with Gasteiger partial charge in [0, 0.05) is 16.5 Å². The Kier molecular flexibility index (Phi) is 2.41. The monoisotopic (exact) mass is 252 g/mol. The molecule has 16 heavy (non-hydrogen) atoms. The van der Waals surface area contributed by atoms with Crippen LogP contribution in [0.4, 0.5) is 0 Å². The van der Waals surface area contributed by atoms with Crippen LogP contribution in [0, 0.1) is 0 Å². The van der Waals surface area contributed by atoms with E-state index in [1.165, 1.54) is 12.8 Å².